The number of oxime groups is 1. The molecule has 0 fully saturated rings. The number of hydrogen-bond donors (Lipinski definition) is 2. The van der Waals surface area contributed by atoms with Gasteiger partial charge in [0.15, 0.2) is 6.10 Å². The van der Waals surface area contributed by atoms with Crippen molar-refractivity contribution in [2.75, 3.05) is 6.54 Å². The standard InChI is InChI=1S/C14H20N2O2/c1-10(2)15-9-13(17)14-8-12(16-18-14)11-6-4-3-5-7-11/h3-7,10,13-15,17H,8-9H2,1-2H3/t13-,14-/m0/s1. The van der Waals surface area contributed by atoms with Crippen LogP contribution in [-0.4, -0.2) is 35.6 Å². The lowest BCUT2D eigenvalue weighted by atomic mass is 10.0. The van der Waals surface area contributed by atoms with Gasteiger partial charge in [-0.25, -0.2) is 0 Å². The Kier molecular flexibility index (Phi) is 4.33. The Balaban J connectivity index is 1.87. The van der Waals surface area contributed by atoms with Crippen molar-refractivity contribution in [2.45, 2.75) is 38.5 Å². The minimum atomic E-state index is -0.530. The third kappa shape index (κ3) is 3.31. The van der Waals surface area contributed by atoms with Gasteiger partial charge in [-0.15, -0.1) is 0 Å². The summed E-state index contributed by atoms with van der Waals surface area (Å²) in [6.45, 7) is 4.63. The van der Waals surface area contributed by atoms with Crippen molar-refractivity contribution in [1.82, 2.24) is 5.32 Å². The van der Waals surface area contributed by atoms with Gasteiger partial charge in [-0.05, 0) is 5.56 Å². The lowest BCUT2D eigenvalue weighted by molar-refractivity contribution is -0.0166. The second-order valence-corrected chi connectivity index (χ2v) is 4.88. The molecule has 0 amide bonds. The normalized spacial score (nSPS) is 20.7. The fourth-order valence-electron chi connectivity index (χ4n) is 1.89. The lowest BCUT2D eigenvalue weighted by Gasteiger charge is -2.18. The van der Waals surface area contributed by atoms with Crippen LogP contribution >= 0.6 is 0 Å². The first-order chi connectivity index (χ1) is 8.66. The molecule has 0 saturated heterocycles. The summed E-state index contributed by atoms with van der Waals surface area (Å²) in [6.07, 6.45) is -0.117. The van der Waals surface area contributed by atoms with Crippen molar-refractivity contribution in [2.24, 2.45) is 5.16 Å². The molecule has 0 aromatic heterocycles. The molecule has 0 spiro atoms. The van der Waals surface area contributed by atoms with Crippen LogP contribution in [0, 0.1) is 0 Å². The van der Waals surface area contributed by atoms with Gasteiger partial charge in [-0.3, -0.25) is 0 Å². The second-order valence-electron chi connectivity index (χ2n) is 4.88. The molecule has 0 radical (unpaired) electrons. The van der Waals surface area contributed by atoms with Crippen LogP contribution in [0.25, 0.3) is 0 Å². The van der Waals surface area contributed by atoms with E-state index in [0.717, 1.165) is 11.3 Å². The van der Waals surface area contributed by atoms with Gasteiger partial charge >= 0.3 is 0 Å². The van der Waals surface area contributed by atoms with Gasteiger partial charge < -0.3 is 15.3 Å². The van der Waals surface area contributed by atoms with Crippen LogP contribution < -0.4 is 5.32 Å². The minimum Gasteiger partial charge on any atom is -0.389 e. The van der Waals surface area contributed by atoms with E-state index < -0.39 is 6.10 Å². The number of nitrogens with zero attached hydrogens (tertiary/aromatic N) is 1. The highest BCUT2D eigenvalue weighted by atomic mass is 16.7. The summed E-state index contributed by atoms with van der Waals surface area (Å²) in [6, 6.07) is 10.3. The van der Waals surface area contributed by atoms with Crippen molar-refractivity contribution in [3.63, 3.8) is 0 Å². The molecule has 1 aliphatic rings. The van der Waals surface area contributed by atoms with E-state index in [1.54, 1.807) is 0 Å². The number of rotatable bonds is 5. The Morgan fingerprint density at radius 3 is 2.78 bits per heavy atom. The molecule has 0 bridgehead atoms. The van der Waals surface area contributed by atoms with Gasteiger partial charge in [0.25, 0.3) is 0 Å². The maximum Gasteiger partial charge on any atom is 0.160 e. The van der Waals surface area contributed by atoms with E-state index in [0.29, 0.717) is 19.0 Å². The molecule has 2 atom stereocenters. The summed E-state index contributed by atoms with van der Waals surface area (Å²) in [7, 11) is 0. The molecule has 2 N–H and O–H groups in total. The van der Waals surface area contributed by atoms with Crippen molar-refractivity contribution >= 4 is 5.71 Å². The first-order valence-electron chi connectivity index (χ1n) is 6.36. The molecule has 18 heavy (non-hydrogen) atoms. The first kappa shape index (κ1) is 13.1. The Labute approximate surface area is 108 Å². The van der Waals surface area contributed by atoms with Crippen LogP contribution in [0.4, 0.5) is 0 Å². The zero-order valence-corrected chi connectivity index (χ0v) is 10.8. The molecular weight excluding hydrogens is 228 g/mol. The predicted molar refractivity (Wildman–Crippen MR) is 71.6 cm³/mol. The summed E-state index contributed by atoms with van der Waals surface area (Å²) >= 11 is 0. The van der Waals surface area contributed by atoms with Gasteiger partial charge in [-0.1, -0.05) is 49.3 Å². The quantitative estimate of drug-likeness (QED) is 0.831. The van der Waals surface area contributed by atoms with Crippen molar-refractivity contribution in [3.05, 3.63) is 35.9 Å². The molecule has 98 valence electrons. The molecule has 0 saturated carbocycles. The highest BCUT2D eigenvalue weighted by Crippen LogP contribution is 2.18. The fraction of sp³-hybridized carbons (Fsp3) is 0.500. The third-order valence-electron chi connectivity index (χ3n) is 2.96. The van der Waals surface area contributed by atoms with Gasteiger partial charge in [0.2, 0.25) is 0 Å². The lowest BCUT2D eigenvalue weighted by Crippen LogP contribution is -2.39. The fourth-order valence-corrected chi connectivity index (χ4v) is 1.89. The largest absolute Gasteiger partial charge is 0.389 e. The highest BCUT2D eigenvalue weighted by Gasteiger charge is 2.28. The maximum atomic E-state index is 10.0. The topological polar surface area (TPSA) is 53.8 Å². The van der Waals surface area contributed by atoms with Crippen molar-refractivity contribution in [1.29, 1.82) is 0 Å². The Morgan fingerprint density at radius 2 is 2.11 bits per heavy atom. The van der Waals surface area contributed by atoms with E-state index in [2.05, 4.69) is 10.5 Å². The number of aliphatic hydroxyl groups excluding tert-OH is 1. The third-order valence-corrected chi connectivity index (χ3v) is 2.96. The highest BCUT2D eigenvalue weighted by molar-refractivity contribution is 6.01. The van der Waals surface area contributed by atoms with E-state index in [1.807, 2.05) is 44.2 Å². The van der Waals surface area contributed by atoms with E-state index in [1.165, 1.54) is 0 Å². The van der Waals surface area contributed by atoms with Gasteiger partial charge in [-0.2, -0.15) is 0 Å². The maximum absolute atomic E-state index is 10.0. The van der Waals surface area contributed by atoms with Crippen molar-refractivity contribution in [3.8, 4) is 0 Å². The Bertz CT molecular complexity index is 404. The molecule has 1 heterocycles. The molecule has 0 unspecified atom stereocenters. The number of nitrogens with one attached hydrogen (secondary N) is 1. The summed E-state index contributed by atoms with van der Waals surface area (Å²) in [5.74, 6) is 0. The molecule has 4 heteroatoms. The predicted octanol–water partition coefficient (Wildman–Crippen LogP) is 1.54. The number of aliphatic hydroxyl groups is 1. The van der Waals surface area contributed by atoms with Gasteiger partial charge in [0.1, 0.15) is 6.10 Å². The summed E-state index contributed by atoms with van der Waals surface area (Å²) in [5, 5.41) is 17.3. The zero-order valence-electron chi connectivity index (χ0n) is 10.8. The molecule has 1 aromatic rings. The minimum absolute atomic E-state index is 0.244. The molecule has 1 aromatic carbocycles. The van der Waals surface area contributed by atoms with Crippen molar-refractivity contribution < 1.29 is 9.94 Å². The molecular formula is C14H20N2O2. The summed E-state index contributed by atoms with van der Waals surface area (Å²) in [4.78, 5) is 5.31. The van der Waals surface area contributed by atoms with Crippen LogP contribution in [0.5, 0.6) is 0 Å². The van der Waals surface area contributed by atoms with E-state index >= 15 is 0 Å². The summed E-state index contributed by atoms with van der Waals surface area (Å²) in [5.41, 5.74) is 1.97. The van der Waals surface area contributed by atoms with Crippen LogP contribution in [0.15, 0.2) is 35.5 Å². The van der Waals surface area contributed by atoms with Crippen LogP contribution in [-0.2, 0) is 4.84 Å². The van der Waals surface area contributed by atoms with E-state index in [4.69, 9.17) is 4.84 Å². The summed E-state index contributed by atoms with van der Waals surface area (Å²) < 4.78 is 0. The molecule has 1 aliphatic heterocycles. The van der Waals surface area contributed by atoms with Crippen LogP contribution in [0.2, 0.25) is 0 Å². The number of hydrogen-bond acceptors (Lipinski definition) is 4. The Hall–Kier alpha value is -1.39. The Morgan fingerprint density at radius 1 is 1.39 bits per heavy atom. The van der Waals surface area contributed by atoms with Gasteiger partial charge in [0.05, 0.1) is 5.71 Å². The first-order valence-corrected chi connectivity index (χ1v) is 6.36. The molecule has 2 rings (SSSR count). The van der Waals surface area contributed by atoms with E-state index in [9.17, 15) is 5.11 Å². The van der Waals surface area contributed by atoms with Crippen LogP contribution in [0.1, 0.15) is 25.8 Å². The SMILES string of the molecule is CC(C)NC[C@H](O)[C@@H]1CC(c2ccccc2)=NO1. The number of benzene rings is 1. The van der Waals surface area contributed by atoms with E-state index in [-0.39, 0.29) is 6.10 Å². The smallest absolute Gasteiger partial charge is 0.160 e. The second kappa shape index (κ2) is 5.98. The average molecular weight is 248 g/mol. The van der Waals surface area contributed by atoms with Gasteiger partial charge in [0, 0.05) is 19.0 Å². The average Bonchev–Trinajstić information content (AvgIpc) is 2.86. The molecule has 0 aliphatic carbocycles. The monoisotopic (exact) mass is 248 g/mol. The van der Waals surface area contributed by atoms with Crippen LogP contribution in [0.3, 0.4) is 0 Å². The molecule has 4 nitrogen and oxygen atoms in total. The zero-order chi connectivity index (χ0) is 13.0.